The van der Waals surface area contributed by atoms with Crippen molar-refractivity contribution >= 4 is 11.7 Å². The Balaban J connectivity index is 1.86. The Labute approximate surface area is 131 Å². The van der Waals surface area contributed by atoms with Gasteiger partial charge in [0.05, 0.1) is 13.0 Å². The molecule has 0 spiro atoms. The summed E-state index contributed by atoms with van der Waals surface area (Å²) in [5.41, 5.74) is 0. The molecule has 2 rings (SSSR count). The second-order valence-electron chi connectivity index (χ2n) is 5.36. The van der Waals surface area contributed by atoms with Crippen molar-refractivity contribution < 1.29 is 14.3 Å². The number of nitrogens with zero attached hydrogens (tertiary/aromatic N) is 3. The zero-order valence-electron chi connectivity index (χ0n) is 13.2. The van der Waals surface area contributed by atoms with Crippen LogP contribution in [0.3, 0.4) is 0 Å². The summed E-state index contributed by atoms with van der Waals surface area (Å²) in [5, 5.41) is 11.1. The predicted molar refractivity (Wildman–Crippen MR) is 83.0 cm³/mol. The van der Waals surface area contributed by atoms with E-state index in [1.807, 2.05) is 6.07 Å². The molecule has 0 aliphatic carbocycles. The molecular weight excluding hydrogens is 284 g/mol. The first-order chi connectivity index (χ1) is 10.7. The van der Waals surface area contributed by atoms with Crippen LogP contribution in [-0.4, -0.2) is 56.6 Å². The van der Waals surface area contributed by atoms with Gasteiger partial charge in [-0.15, -0.1) is 10.2 Å². The van der Waals surface area contributed by atoms with Gasteiger partial charge in [0.2, 0.25) is 11.8 Å². The fourth-order valence-corrected chi connectivity index (χ4v) is 2.56. The maximum atomic E-state index is 12.2. The van der Waals surface area contributed by atoms with Gasteiger partial charge in [-0.05, 0) is 25.3 Å². The summed E-state index contributed by atoms with van der Waals surface area (Å²) in [5.74, 6) is 1.40. The Morgan fingerprint density at radius 3 is 2.95 bits per heavy atom. The molecule has 1 atom stereocenters. The van der Waals surface area contributed by atoms with Gasteiger partial charge in [-0.2, -0.15) is 0 Å². The monoisotopic (exact) mass is 308 g/mol. The highest BCUT2D eigenvalue weighted by Gasteiger charge is 2.26. The van der Waals surface area contributed by atoms with Crippen molar-refractivity contribution in [1.82, 2.24) is 15.5 Å². The summed E-state index contributed by atoms with van der Waals surface area (Å²) in [6.45, 7) is 2.90. The Bertz CT molecular complexity index is 466. The van der Waals surface area contributed by atoms with E-state index in [0.29, 0.717) is 25.6 Å². The molecule has 1 fully saturated rings. The maximum Gasteiger partial charge on any atom is 0.233 e. The lowest BCUT2D eigenvalue weighted by atomic mass is 9.97. The zero-order valence-corrected chi connectivity index (χ0v) is 13.2. The van der Waals surface area contributed by atoms with Crippen molar-refractivity contribution in [1.29, 1.82) is 0 Å². The third kappa shape index (κ3) is 4.56. The Morgan fingerprint density at radius 1 is 1.41 bits per heavy atom. The van der Waals surface area contributed by atoms with E-state index >= 15 is 0 Å². The molecule has 0 aromatic carbocycles. The number of amides is 1. The van der Waals surface area contributed by atoms with Crippen LogP contribution >= 0.6 is 0 Å². The molecule has 1 unspecified atom stereocenters. The van der Waals surface area contributed by atoms with Crippen LogP contribution in [-0.2, 0) is 9.53 Å². The van der Waals surface area contributed by atoms with E-state index in [4.69, 9.17) is 9.47 Å². The Hall–Kier alpha value is -1.89. The summed E-state index contributed by atoms with van der Waals surface area (Å²) < 4.78 is 9.99. The van der Waals surface area contributed by atoms with E-state index in [1.165, 1.54) is 0 Å². The van der Waals surface area contributed by atoms with Gasteiger partial charge in [-0.25, -0.2) is 0 Å². The van der Waals surface area contributed by atoms with Crippen LogP contribution in [0.4, 0.5) is 5.82 Å². The highest BCUT2D eigenvalue weighted by atomic mass is 16.5. The van der Waals surface area contributed by atoms with Crippen LogP contribution in [0, 0.1) is 5.92 Å². The van der Waals surface area contributed by atoms with Crippen molar-refractivity contribution in [2.24, 2.45) is 5.92 Å². The van der Waals surface area contributed by atoms with Gasteiger partial charge >= 0.3 is 0 Å². The van der Waals surface area contributed by atoms with Crippen LogP contribution < -0.4 is 15.0 Å². The van der Waals surface area contributed by atoms with E-state index in [1.54, 1.807) is 20.3 Å². The number of methoxy groups -OCH3 is 2. The topological polar surface area (TPSA) is 76.6 Å². The average Bonchev–Trinajstić information content (AvgIpc) is 2.59. The van der Waals surface area contributed by atoms with E-state index in [2.05, 4.69) is 20.4 Å². The minimum absolute atomic E-state index is 0.000182. The molecule has 0 saturated carbocycles. The van der Waals surface area contributed by atoms with Crippen molar-refractivity contribution in [3.05, 3.63) is 12.1 Å². The molecule has 2 heterocycles. The van der Waals surface area contributed by atoms with Gasteiger partial charge in [0.15, 0.2) is 5.82 Å². The van der Waals surface area contributed by atoms with Gasteiger partial charge in [0.25, 0.3) is 0 Å². The molecule has 1 aromatic rings. The number of hydrogen-bond acceptors (Lipinski definition) is 6. The van der Waals surface area contributed by atoms with E-state index in [0.717, 1.165) is 31.6 Å². The number of rotatable bonds is 7. The molecule has 1 amide bonds. The normalized spacial score (nSPS) is 18.1. The van der Waals surface area contributed by atoms with Crippen molar-refractivity contribution in [3.63, 3.8) is 0 Å². The van der Waals surface area contributed by atoms with Crippen molar-refractivity contribution in [3.8, 4) is 5.88 Å². The molecule has 1 aromatic heterocycles. The van der Waals surface area contributed by atoms with Gasteiger partial charge in [0, 0.05) is 39.4 Å². The number of ether oxygens (including phenoxy) is 2. The number of aromatic nitrogens is 2. The van der Waals surface area contributed by atoms with E-state index in [-0.39, 0.29) is 11.8 Å². The number of anilines is 1. The van der Waals surface area contributed by atoms with Gasteiger partial charge in [-0.1, -0.05) is 0 Å². The van der Waals surface area contributed by atoms with Crippen molar-refractivity contribution in [2.45, 2.75) is 19.3 Å². The standard InChI is InChI=1S/C15H24N4O3/c1-21-10-4-8-16-15(20)12-5-3-9-19(11-12)13-6-7-14(22-2)18-17-13/h6-7,12H,3-5,8-11H2,1-2H3,(H,16,20). The van der Waals surface area contributed by atoms with Gasteiger partial charge < -0.3 is 19.7 Å². The lowest BCUT2D eigenvalue weighted by Crippen LogP contribution is -2.43. The second kappa shape index (κ2) is 8.53. The molecule has 1 saturated heterocycles. The number of hydrogen-bond donors (Lipinski definition) is 1. The lowest BCUT2D eigenvalue weighted by molar-refractivity contribution is -0.125. The molecule has 7 heteroatoms. The number of carbonyl (C=O) groups excluding carboxylic acids is 1. The van der Waals surface area contributed by atoms with Crippen molar-refractivity contribution in [2.75, 3.05) is 45.4 Å². The highest BCUT2D eigenvalue weighted by Crippen LogP contribution is 2.22. The molecule has 22 heavy (non-hydrogen) atoms. The second-order valence-corrected chi connectivity index (χ2v) is 5.36. The molecule has 122 valence electrons. The molecule has 7 nitrogen and oxygen atoms in total. The number of nitrogens with one attached hydrogen (secondary N) is 1. The molecule has 1 N–H and O–H groups in total. The smallest absolute Gasteiger partial charge is 0.233 e. The number of carbonyl (C=O) groups is 1. The average molecular weight is 308 g/mol. The van der Waals surface area contributed by atoms with Gasteiger partial charge in [-0.3, -0.25) is 4.79 Å². The van der Waals surface area contributed by atoms with Gasteiger partial charge in [0.1, 0.15) is 0 Å². The third-order valence-corrected chi connectivity index (χ3v) is 3.78. The summed E-state index contributed by atoms with van der Waals surface area (Å²) in [7, 11) is 3.23. The van der Waals surface area contributed by atoms with E-state index < -0.39 is 0 Å². The third-order valence-electron chi connectivity index (χ3n) is 3.78. The summed E-state index contributed by atoms with van der Waals surface area (Å²) >= 11 is 0. The molecule has 1 aliphatic heterocycles. The fraction of sp³-hybridized carbons (Fsp3) is 0.667. The minimum Gasteiger partial charge on any atom is -0.480 e. The van der Waals surface area contributed by atoms with Crippen LogP contribution in [0.15, 0.2) is 12.1 Å². The number of piperidine rings is 1. The zero-order chi connectivity index (χ0) is 15.8. The predicted octanol–water partition coefficient (Wildman–Crippen LogP) is 0.854. The van der Waals surface area contributed by atoms with E-state index in [9.17, 15) is 4.79 Å². The Morgan fingerprint density at radius 2 is 2.27 bits per heavy atom. The summed E-state index contributed by atoms with van der Waals surface area (Å²) in [6.07, 6.45) is 2.72. The highest BCUT2D eigenvalue weighted by molar-refractivity contribution is 5.79. The molecular formula is C15H24N4O3. The molecule has 1 aliphatic rings. The van der Waals surface area contributed by atoms with Crippen LogP contribution in [0.1, 0.15) is 19.3 Å². The molecule has 0 radical (unpaired) electrons. The van der Waals surface area contributed by atoms with Crippen LogP contribution in [0.25, 0.3) is 0 Å². The van der Waals surface area contributed by atoms with Crippen LogP contribution in [0.2, 0.25) is 0 Å². The first-order valence-electron chi connectivity index (χ1n) is 7.64. The first kappa shape index (κ1) is 16.5. The van der Waals surface area contributed by atoms with Crippen LogP contribution in [0.5, 0.6) is 5.88 Å². The maximum absolute atomic E-state index is 12.2. The summed E-state index contributed by atoms with van der Waals surface area (Å²) in [4.78, 5) is 14.3. The first-order valence-corrected chi connectivity index (χ1v) is 7.64. The quantitative estimate of drug-likeness (QED) is 0.753. The molecule has 0 bridgehead atoms. The summed E-state index contributed by atoms with van der Waals surface area (Å²) in [6, 6.07) is 3.67. The lowest BCUT2D eigenvalue weighted by Gasteiger charge is -2.32. The largest absolute Gasteiger partial charge is 0.480 e. The fourth-order valence-electron chi connectivity index (χ4n) is 2.56. The minimum atomic E-state index is 0.000182. The Kier molecular flexibility index (Phi) is 6.39. The SMILES string of the molecule is COCCCNC(=O)C1CCCN(c2ccc(OC)nn2)C1.